The summed E-state index contributed by atoms with van der Waals surface area (Å²) < 4.78 is 27.2. The van der Waals surface area contributed by atoms with Crippen molar-refractivity contribution in [1.82, 2.24) is 9.29 Å². The zero-order valence-electron chi connectivity index (χ0n) is 18.2. The lowest BCUT2D eigenvalue weighted by molar-refractivity contribution is -0.115. The van der Waals surface area contributed by atoms with Crippen LogP contribution in [0.15, 0.2) is 52.7 Å². The smallest absolute Gasteiger partial charge is 0.243 e. The lowest BCUT2D eigenvalue weighted by Gasteiger charge is -2.20. The van der Waals surface area contributed by atoms with Crippen LogP contribution in [-0.4, -0.2) is 36.7 Å². The molecule has 0 fully saturated rings. The Hall–Kier alpha value is -2.55. The minimum Gasteiger partial charge on any atom is -0.326 e. The third-order valence-electron chi connectivity index (χ3n) is 4.95. The number of thiazole rings is 1. The first-order chi connectivity index (χ1) is 14.7. The SMILES string of the molecule is CCN(CC)S(=O)(=O)c1cc(NC(=O)Cc2csc(-c3cccc(C)c3)n2)ccc1C. The third kappa shape index (κ3) is 5.39. The average molecular weight is 458 g/mol. The molecule has 0 spiro atoms. The number of carbonyl (C=O) groups is 1. The van der Waals surface area contributed by atoms with E-state index in [1.807, 2.05) is 30.5 Å². The minimum atomic E-state index is -3.61. The Bertz CT molecular complexity index is 1180. The molecule has 164 valence electrons. The summed E-state index contributed by atoms with van der Waals surface area (Å²) in [6.07, 6.45) is 0.119. The first-order valence-corrected chi connectivity index (χ1v) is 12.5. The molecule has 0 aliphatic rings. The van der Waals surface area contributed by atoms with Crippen molar-refractivity contribution in [3.05, 3.63) is 64.7 Å². The first-order valence-electron chi connectivity index (χ1n) is 10.2. The second kappa shape index (κ2) is 9.72. The molecule has 6 nitrogen and oxygen atoms in total. The number of benzene rings is 2. The zero-order chi connectivity index (χ0) is 22.6. The molecular formula is C23H27N3O3S2. The highest BCUT2D eigenvalue weighted by Gasteiger charge is 2.24. The van der Waals surface area contributed by atoms with Gasteiger partial charge in [0.25, 0.3) is 0 Å². The molecule has 0 unspecified atom stereocenters. The number of rotatable bonds is 8. The van der Waals surface area contributed by atoms with E-state index in [0.717, 1.165) is 16.1 Å². The van der Waals surface area contributed by atoms with Crippen molar-refractivity contribution < 1.29 is 13.2 Å². The number of sulfonamides is 1. The third-order valence-corrected chi connectivity index (χ3v) is 8.09. The molecule has 0 aliphatic carbocycles. The summed E-state index contributed by atoms with van der Waals surface area (Å²) in [5.74, 6) is -0.240. The van der Waals surface area contributed by atoms with Gasteiger partial charge in [-0.2, -0.15) is 4.31 Å². The molecule has 0 saturated carbocycles. The van der Waals surface area contributed by atoms with Crippen LogP contribution in [-0.2, 0) is 21.2 Å². The van der Waals surface area contributed by atoms with E-state index in [1.165, 1.54) is 21.7 Å². The van der Waals surface area contributed by atoms with Gasteiger partial charge >= 0.3 is 0 Å². The highest BCUT2D eigenvalue weighted by atomic mass is 32.2. The lowest BCUT2D eigenvalue weighted by atomic mass is 10.1. The van der Waals surface area contributed by atoms with Gasteiger partial charge in [0.15, 0.2) is 0 Å². The fourth-order valence-electron chi connectivity index (χ4n) is 3.33. The van der Waals surface area contributed by atoms with Gasteiger partial charge in [-0.1, -0.05) is 43.7 Å². The van der Waals surface area contributed by atoms with Gasteiger partial charge in [-0.15, -0.1) is 11.3 Å². The maximum absolute atomic E-state index is 12.9. The Morgan fingerprint density at radius 3 is 2.52 bits per heavy atom. The summed E-state index contributed by atoms with van der Waals surface area (Å²) in [4.78, 5) is 17.4. The average Bonchev–Trinajstić information content (AvgIpc) is 3.18. The van der Waals surface area contributed by atoms with E-state index in [1.54, 1.807) is 32.9 Å². The lowest BCUT2D eigenvalue weighted by Crippen LogP contribution is -2.31. The summed E-state index contributed by atoms with van der Waals surface area (Å²) in [5, 5.41) is 5.55. The fraction of sp³-hybridized carbons (Fsp3) is 0.304. The number of hydrogen-bond acceptors (Lipinski definition) is 5. The highest BCUT2D eigenvalue weighted by Crippen LogP contribution is 2.26. The maximum atomic E-state index is 12.9. The van der Waals surface area contributed by atoms with Gasteiger partial charge in [-0.3, -0.25) is 4.79 Å². The molecule has 1 aromatic heterocycles. The molecule has 1 amide bonds. The van der Waals surface area contributed by atoms with Gasteiger partial charge in [0, 0.05) is 29.7 Å². The number of nitrogens with zero attached hydrogens (tertiary/aromatic N) is 2. The standard InChI is InChI=1S/C23H27N3O3S2/c1-5-26(6-2)31(28,29)21-13-19(11-10-17(21)4)24-22(27)14-20-15-30-23(25-20)18-9-7-8-16(3)12-18/h7-13,15H,5-6,14H2,1-4H3,(H,24,27). The van der Waals surface area contributed by atoms with Crippen molar-refractivity contribution in [3.63, 3.8) is 0 Å². The van der Waals surface area contributed by atoms with Crippen LogP contribution in [0.25, 0.3) is 10.6 Å². The second-order valence-corrected chi connectivity index (χ2v) is 10.1. The van der Waals surface area contributed by atoms with E-state index in [0.29, 0.717) is 30.0 Å². The van der Waals surface area contributed by atoms with Crippen molar-refractivity contribution in [3.8, 4) is 10.6 Å². The largest absolute Gasteiger partial charge is 0.326 e. The Morgan fingerprint density at radius 1 is 1.10 bits per heavy atom. The van der Waals surface area contributed by atoms with E-state index in [4.69, 9.17) is 0 Å². The van der Waals surface area contributed by atoms with Crippen LogP contribution in [0.3, 0.4) is 0 Å². The predicted molar refractivity (Wildman–Crippen MR) is 126 cm³/mol. The molecule has 31 heavy (non-hydrogen) atoms. The molecule has 1 N–H and O–H groups in total. The number of aryl methyl sites for hydroxylation is 2. The van der Waals surface area contributed by atoms with Crippen molar-refractivity contribution >= 4 is 33.0 Å². The topological polar surface area (TPSA) is 79.4 Å². The van der Waals surface area contributed by atoms with E-state index in [9.17, 15) is 13.2 Å². The molecule has 0 aliphatic heterocycles. The molecule has 3 aromatic rings. The fourth-order valence-corrected chi connectivity index (χ4v) is 5.85. The molecular weight excluding hydrogens is 430 g/mol. The number of hydrogen-bond donors (Lipinski definition) is 1. The van der Waals surface area contributed by atoms with Crippen LogP contribution in [0.4, 0.5) is 5.69 Å². The van der Waals surface area contributed by atoms with Gasteiger partial charge in [0.05, 0.1) is 17.0 Å². The second-order valence-electron chi connectivity index (χ2n) is 7.31. The monoisotopic (exact) mass is 457 g/mol. The number of carbonyl (C=O) groups excluding carboxylic acids is 1. The quantitative estimate of drug-likeness (QED) is 0.534. The predicted octanol–water partition coefficient (Wildman–Crippen LogP) is 4.64. The normalized spacial score (nSPS) is 11.6. The van der Waals surface area contributed by atoms with E-state index < -0.39 is 10.0 Å². The first kappa shape index (κ1) is 23.1. The van der Waals surface area contributed by atoms with Crippen LogP contribution < -0.4 is 5.32 Å². The summed E-state index contributed by atoms with van der Waals surface area (Å²) >= 11 is 1.50. The Balaban J connectivity index is 1.74. The van der Waals surface area contributed by atoms with Gasteiger partial charge in [0.1, 0.15) is 5.01 Å². The maximum Gasteiger partial charge on any atom is 0.243 e. The molecule has 8 heteroatoms. The Labute approximate surface area is 188 Å². The minimum absolute atomic E-state index is 0.119. The van der Waals surface area contributed by atoms with Crippen LogP contribution in [0.5, 0.6) is 0 Å². The van der Waals surface area contributed by atoms with Crippen molar-refractivity contribution in [1.29, 1.82) is 0 Å². The Kier molecular flexibility index (Phi) is 7.25. The molecule has 0 saturated heterocycles. The van der Waals surface area contributed by atoms with Crippen LogP contribution in [0.2, 0.25) is 0 Å². The summed E-state index contributed by atoms with van der Waals surface area (Å²) in [6.45, 7) is 8.18. The van der Waals surface area contributed by atoms with Crippen molar-refractivity contribution in [2.45, 2.75) is 39.0 Å². The number of anilines is 1. The number of nitrogens with one attached hydrogen (secondary N) is 1. The molecule has 0 radical (unpaired) electrons. The molecule has 0 bridgehead atoms. The van der Waals surface area contributed by atoms with Crippen LogP contribution in [0, 0.1) is 13.8 Å². The molecule has 0 atom stereocenters. The Morgan fingerprint density at radius 2 is 1.84 bits per heavy atom. The molecule has 3 rings (SSSR count). The number of aromatic nitrogens is 1. The van der Waals surface area contributed by atoms with Crippen molar-refractivity contribution in [2.75, 3.05) is 18.4 Å². The zero-order valence-corrected chi connectivity index (χ0v) is 19.8. The van der Waals surface area contributed by atoms with Gasteiger partial charge in [-0.05, 0) is 37.6 Å². The van der Waals surface area contributed by atoms with Gasteiger partial charge < -0.3 is 5.32 Å². The van der Waals surface area contributed by atoms with E-state index in [2.05, 4.69) is 16.4 Å². The van der Waals surface area contributed by atoms with E-state index >= 15 is 0 Å². The van der Waals surface area contributed by atoms with Crippen LogP contribution >= 0.6 is 11.3 Å². The summed E-state index contributed by atoms with van der Waals surface area (Å²) in [6, 6.07) is 13.0. The summed E-state index contributed by atoms with van der Waals surface area (Å²) in [5.41, 5.74) is 3.97. The van der Waals surface area contributed by atoms with E-state index in [-0.39, 0.29) is 17.2 Å². The van der Waals surface area contributed by atoms with Crippen LogP contribution in [0.1, 0.15) is 30.7 Å². The van der Waals surface area contributed by atoms with Gasteiger partial charge in [0.2, 0.25) is 15.9 Å². The summed E-state index contributed by atoms with van der Waals surface area (Å²) in [7, 11) is -3.61. The highest BCUT2D eigenvalue weighted by molar-refractivity contribution is 7.89. The molecule has 2 aromatic carbocycles. The van der Waals surface area contributed by atoms with Crippen molar-refractivity contribution in [2.24, 2.45) is 0 Å². The number of amides is 1. The molecule has 1 heterocycles. The van der Waals surface area contributed by atoms with Gasteiger partial charge in [-0.25, -0.2) is 13.4 Å².